The molecule has 2 aliphatic rings. The van der Waals surface area contributed by atoms with Gasteiger partial charge in [0.1, 0.15) is 29.9 Å². The molecule has 4 N–H and O–H groups in total. The lowest BCUT2D eigenvalue weighted by atomic mass is 9.91. The monoisotopic (exact) mass is 431 g/mol. The molecule has 2 unspecified atom stereocenters. The van der Waals surface area contributed by atoms with Gasteiger partial charge in [0, 0.05) is 11.5 Å². The van der Waals surface area contributed by atoms with Gasteiger partial charge in [-0.3, -0.25) is 9.69 Å². The van der Waals surface area contributed by atoms with E-state index in [-0.39, 0.29) is 11.9 Å². The number of likely N-dealkylation sites (N-methyl/N-ethyl adjacent to an activating group) is 1. The molecule has 10 nitrogen and oxygen atoms in total. The minimum atomic E-state index is -1.44. The maximum atomic E-state index is 13.0. The number of aliphatic hydroxyl groups excluding tert-OH is 3. The lowest BCUT2D eigenvalue weighted by Crippen LogP contribution is -2.65. The van der Waals surface area contributed by atoms with Crippen molar-refractivity contribution in [1.29, 1.82) is 0 Å². The fourth-order valence-electron chi connectivity index (χ4n) is 4.29. The van der Waals surface area contributed by atoms with Crippen molar-refractivity contribution in [3.63, 3.8) is 0 Å². The number of amides is 1. The number of likely N-dealkylation sites (tertiary alicyclic amines) is 1. The molecular weight excluding hydrogens is 398 g/mol. The van der Waals surface area contributed by atoms with Crippen molar-refractivity contribution in [1.82, 2.24) is 10.2 Å². The van der Waals surface area contributed by atoms with Crippen LogP contribution in [0.2, 0.25) is 0 Å². The van der Waals surface area contributed by atoms with Gasteiger partial charge in [0.25, 0.3) is 0 Å². The summed E-state index contributed by atoms with van der Waals surface area (Å²) in [5.74, 6) is 0.219. The highest BCUT2D eigenvalue weighted by Gasteiger charge is 2.48. The maximum absolute atomic E-state index is 13.0. The first-order valence-electron chi connectivity index (χ1n) is 10.0. The van der Waals surface area contributed by atoms with Crippen LogP contribution in [-0.2, 0) is 9.53 Å². The molecule has 2 aliphatic heterocycles. The normalized spacial score (nSPS) is 37.6. The van der Waals surface area contributed by atoms with Crippen LogP contribution in [0.1, 0.15) is 33.1 Å². The number of aliphatic hydroxyl groups is 3. The zero-order chi connectivity index (χ0) is 21.7. The zero-order valence-electron chi connectivity index (χ0n) is 17.4. The second-order valence-electron chi connectivity index (χ2n) is 8.00. The van der Waals surface area contributed by atoms with Crippen molar-refractivity contribution in [2.45, 2.75) is 81.1 Å². The van der Waals surface area contributed by atoms with Gasteiger partial charge < -0.3 is 25.4 Å². The van der Waals surface area contributed by atoms with E-state index in [1.54, 1.807) is 13.2 Å². The summed E-state index contributed by atoms with van der Waals surface area (Å²) >= 11 is 1.19. The van der Waals surface area contributed by atoms with Gasteiger partial charge >= 0.3 is 0 Å². The first-order chi connectivity index (χ1) is 13.7. The minimum absolute atomic E-state index is 0.229. The number of azide groups is 1. The number of hydrogen-bond donors (Lipinski definition) is 4. The van der Waals surface area contributed by atoms with Crippen LogP contribution in [0.3, 0.4) is 0 Å². The third-order valence-electron chi connectivity index (χ3n) is 5.89. The molecule has 0 aliphatic carbocycles. The average Bonchev–Trinajstić information content (AvgIpc) is 3.05. The molecule has 2 fully saturated rings. The number of hydrogen-bond acceptors (Lipinski definition) is 8. The van der Waals surface area contributed by atoms with Crippen molar-refractivity contribution in [2.75, 3.05) is 19.8 Å². The van der Waals surface area contributed by atoms with Gasteiger partial charge in [-0.2, -0.15) is 0 Å². The van der Waals surface area contributed by atoms with E-state index >= 15 is 0 Å². The van der Waals surface area contributed by atoms with Crippen LogP contribution < -0.4 is 5.32 Å². The van der Waals surface area contributed by atoms with Gasteiger partial charge in [-0.1, -0.05) is 25.4 Å². The standard InChI is InChI=1S/C18H33N5O5S/c1-5-6-10-7-11(23(3)8-10)17(27)20-12(9(2)21-22-19)16-14(25)13(24)15(26)18(28-16)29-4/h9-16,18,24-26H,5-8H2,1-4H3,(H,20,27)/t9-,10+,11-,12+,13+,14?,15+,16+,18?/m0/s1. The highest BCUT2D eigenvalue weighted by Crippen LogP contribution is 2.31. The largest absolute Gasteiger partial charge is 0.388 e. The third kappa shape index (κ3) is 5.55. The second kappa shape index (κ2) is 10.8. The Morgan fingerprint density at radius 1 is 1.38 bits per heavy atom. The summed E-state index contributed by atoms with van der Waals surface area (Å²) in [5, 5.41) is 37.4. The summed E-state index contributed by atoms with van der Waals surface area (Å²) in [4.78, 5) is 17.9. The Balaban J connectivity index is 2.20. The summed E-state index contributed by atoms with van der Waals surface area (Å²) in [6.07, 6.45) is -0.621. The second-order valence-corrected chi connectivity index (χ2v) is 8.94. The van der Waals surface area contributed by atoms with Gasteiger partial charge in [-0.15, -0.1) is 11.8 Å². The highest BCUT2D eigenvalue weighted by atomic mass is 32.2. The van der Waals surface area contributed by atoms with Crippen molar-refractivity contribution in [2.24, 2.45) is 11.0 Å². The third-order valence-corrected chi connectivity index (χ3v) is 6.74. The molecule has 29 heavy (non-hydrogen) atoms. The van der Waals surface area contributed by atoms with Crippen LogP contribution in [0.5, 0.6) is 0 Å². The molecule has 2 rings (SSSR count). The molecule has 9 atom stereocenters. The van der Waals surface area contributed by atoms with Gasteiger partial charge in [0.15, 0.2) is 0 Å². The summed E-state index contributed by atoms with van der Waals surface area (Å²) in [5.41, 5.74) is 8.09. The van der Waals surface area contributed by atoms with E-state index in [2.05, 4.69) is 22.3 Å². The SMILES string of the molecule is CCC[C@@H]1C[C@@H](C(=O)N[C@H]([C@H](C)N=[N+]=[N-])[C@H]2OC(SC)[C@H](O)[C@H](O)C2O)N(C)C1. The van der Waals surface area contributed by atoms with Crippen LogP contribution in [0.25, 0.3) is 10.4 Å². The summed E-state index contributed by atoms with van der Waals surface area (Å²) in [7, 11) is 1.90. The van der Waals surface area contributed by atoms with E-state index in [0.717, 1.165) is 25.8 Å². The van der Waals surface area contributed by atoms with Gasteiger partial charge in [-0.25, -0.2) is 0 Å². The Labute approximate surface area is 175 Å². The number of ether oxygens (including phenoxy) is 1. The van der Waals surface area contributed by atoms with Crippen molar-refractivity contribution in [3.8, 4) is 0 Å². The quantitative estimate of drug-likeness (QED) is 0.248. The molecule has 0 bridgehead atoms. The van der Waals surface area contributed by atoms with Crippen LogP contribution >= 0.6 is 11.8 Å². The number of rotatable bonds is 8. The molecule has 0 aromatic carbocycles. The predicted molar refractivity (Wildman–Crippen MR) is 110 cm³/mol. The minimum Gasteiger partial charge on any atom is -0.388 e. The van der Waals surface area contributed by atoms with E-state index in [4.69, 9.17) is 10.3 Å². The van der Waals surface area contributed by atoms with Crippen molar-refractivity contribution < 1.29 is 24.9 Å². The molecule has 1 amide bonds. The van der Waals surface area contributed by atoms with Crippen molar-refractivity contribution in [3.05, 3.63) is 10.4 Å². The number of carbonyl (C=O) groups excluding carboxylic acids is 1. The molecule has 2 heterocycles. The first-order valence-corrected chi connectivity index (χ1v) is 11.3. The van der Waals surface area contributed by atoms with E-state index in [0.29, 0.717) is 5.92 Å². The number of nitrogens with one attached hydrogen (secondary N) is 1. The average molecular weight is 432 g/mol. The molecule has 0 saturated carbocycles. The van der Waals surface area contributed by atoms with Crippen LogP contribution in [0, 0.1) is 5.92 Å². The summed E-state index contributed by atoms with van der Waals surface area (Å²) < 4.78 is 5.80. The Bertz CT molecular complexity index is 605. The van der Waals surface area contributed by atoms with Crippen LogP contribution in [0.4, 0.5) is 0 Å². The summed E-state index contributed by atoms with van der Waals surface area (Å²) in [6, 6.07) is -1.91. The molecule has 0 aromatic heterocycles. The van der Waals surface area contributed by atoms with E-state index in [1.807, 2.05) is 11.9 Å². The molecule has 2 saturated heterocycles. The first kappa shape index (κ1) is 24.2. The Kier molecular flexibility index (Phi) is 9.02. The lowest BCUT2D eigenvalue weighted by Gasteiger charge is -2.44. The molecule has 0 radical (unpaired) electrons. The van der Waals surface area contributed by atoms with E-state index in [9.17, 15) is 20.1 Å². The fourth-order valence-corrected chi connectivity index (χ4v) is 4.96. The molecule has 11 heteroatoms. The maximum Gasteiger partial charge on any atom is 0.237 e. The predicted octanol–water partition coefficient (Wildman–Crippen LogP) is 0.461. The van der Waals surface area contributed by atoms with Crippen molar-refractivity contribution >= 4 is 17.7 Å². The van der Waals surface area contributed by atoms with Gasteiger partial charge in [0.05, 0.1) is 18.1 Å². The fraction of sp³-hybridized carbons (Fsp3) is 0.944. The smallest absolute Gasteiger partial charge is 0.237 e. The molecule has 166 valence electrons. The Morgan fingerprint density at radius 2 is 2.07 bits per heavy atom. The lowest BCUT2D eigenvalue weighted by molar-refractivity contribution is -0.206. The highest BCUT2D eigenvalue weighted by molar-refractivity contribution is 7.99. The Hall–Kier alpha value is -1.07. The van der Waals surface area contributed by atoms with Crippen LogP contribution in [0.15, 0.2) is 5.11 Å². The van der Waals surface area contributed by atoms with Gasteiger partial charge in [0.2, 0.25) is 5.91 Å². The van der Waals surface area contributed by atoms with Crippen LogP contribution in [-0.4, -0.2) is 94.0 Å². The zero-order valence-corrected chi connectivity index (χ0v) is 18.2. The molecule has 0 spiro atoms. The molecular formula is C18H33N5O5S. The number of thioether (sulfide) groups is 1. The number of nitrogens with zero attached hydrogens (tertiary/aromatic N) is 4. The van der Waals surface area contributed by atoms with Gasteiger partial charge in [-0.05, 0) is 37.6 Å². The Morgan fingerprint density at radius 3 is 2.66 bits per heavy atom. The number of carbonyl (C=O) groups is 1. The molecule has 0 aromatic rings. The topological polar surface area (TPSA) is 151 Å². The van der Waals surface area contributed by atoms with E-state index in [1.165, 1.54) is 11.8 Å². The summed E-state index contributed by atoms with van der Waals surface area (Å²) in [6.45, 7) is 4.57. The van der Waals surface area contributed by atoms with E-state index < -0.39 is 41.9 Å².